The molecule has 7 nitrogen and oxygen atoms in total. The van der Waals surface area contributed by atoms with Crippen LogP contribution in [0.3, 0.4) is 0 Å². The lowest BCUT2D eigenvalue weighted by atomic mass is 10.1. The van der Waals surface area contributed by atoms with E-state index in [2.05, 4.69) is 5.32 Å². The van der Waals surface area contributed by atoms with Gasteiger partial charge in [-0.05, 0) is 36.8 Å². The fraction of sp³-hybridized carbons (Fsp3) is 0.185. The summed E-state index contributed by atoms with van der Waals surface area (Å²) in [6.45, 7) is 4.28. The first-order valence-electron chi connectivity index (χ1n) is 11.5. The van der Waals surface area contributed by atoms with Gasteiger partial charge in [0.05, 0.1) is 29.4 Å². The number of rotatable bonds is 6. The van der Waals surface area contributed by atoms with E-state index >= 15 is 0 Å². The fourth-order valence-electron chi connectivity index (χ4n) is 3.98. The van der Waals surface area contributed by atoms with Crippen molar-refractivity contribution < 1.29 is 13.7 Å². The van der Waals surface area contributed by atoms with E-state index in [4.69, 9.17) is 9.84 Å². The second-order valence-corrected chi connectivity index (χ2v) is 9.72. The molecule has 0 aliphatic carbocycles. The topological polar surface area (TPSA) is 76.5 Å². The van der Waals surface area contributed by atoms with Gasteiger partial charge in [0.15, 0.2) is 0 Å². The molecule has 1 aliphatic heterocycles. The average molecular weight is 487 g/mol. The van der Waals surface area contributed by atoms with Crippen LogP contribution in [0.2, 0.25) is 0 Å². The first-order valence-corrected chi connectivity index (χ1v) is 12.6. The lowest BCUT2D eigenvalue weighted by Gasteiger charge is -2.26. The smallest absolute Gasteiger partial charge is 0.259 e. The van der Waals surface area contributed by atoms with E-state index in [1.54, 1.807) is 16.9 Å². The summed E-state index contributed by atoms with van der Waals surface area (Å²) >= 11 is 0. The van der Waals surface area contributed by atoms with Crippen LogP contribution >= 0.6 is 0 Å². The summed E-state index contributed by atoms with van der Waals surface area (Å²) in [6.07, 6.45) is 1.74. The van der Waals surface area contributed by atoms with E-state index in [0.29, 0.717) is 48.1 Å². The maximum atomic E-state index is 13.5. The lowest BCUT2D eigenvalue weighted by molar-refractivity contribution is 0.0752. The first-order chi connectivity index (χ1) is 17.1. The molecule has 8 heteroatoms. The van der Waals surface area contributed by atoms with Crippen molar-refractivity contribution in [1.82, 2.24) is 14.1 Å². The molecule has 35 heavy (non-hydrogen) atoms. The van der Waals surface area contributed by atoms with Crippen molar-refractivity contribution in [2.75, 3.05) is 31.6 Å². The molecule has 1 saturated heterocycles. The van der Waals surface area contributed by atoms with Gasteiger partial charge in [0.1, 0.15) is 16.7 Å². The van der Waals surface area contributed by atoms with Gasteiger partial charge in [-0.3, -0.25) is 4.79 Å². The van der Waals surface area contributed by atoms with Crippen molar-refractivity contribution in [3.63, 3.8) is 0 Å². The van der Waals surface area contributed by atoms with Gasteiger partial charge in [-0.1, -0.05) is 54.6 Å². The summed E-state index contributed by atoms with van der Waals surface area (Å²) in [6, 6.07) is 24.8. The number of nitrogens with one attached hydrogen (secondary N) is 1. The molecular formula is C27H26N4O3S. The highest BCUT2D eigenvalue weighted by atomic mass is 32.2. The summed E-state index contributed by atoms with van der Waals surface area (Å²) < 4.78 is 22.2. The highest BCUT2D eigenvalue weighted by molar-refractivity contribution is 7.82. The molecular weight excluding hydrogens is 460 g/mol. The molecule has 1 amide bonds. The van der Waals surface area contributed by atoms with Crippen molar-refractivity contribution in [2.45, 2.75) is 11.8 Å². The van der Waals surface area contributed by atoms with E-state index < -0.39 is 11.0 Å². The second-order valence-electron chi connectivity index (χ2n) is 8.26. The van der Waals surface area contributed by atoms with Crippen LogP contribution in [-0.4, -0.2) is 50.5 Å². The first kappa shape index (κ1) is 23.2. The highest BCUT2D eigenvalue weighted by Crippen LogP contribution is 2.26. The number of aromatic nitrogens is 2. The van der Waals surface area contributed by atoms with Gasteiger partial charge < -0.3 is 10.1 Å². The number of carbonyl (C=O) groups excluding carboxylic acids is 1. The number of hydrogen-bond donors (Lipinski definition) is 1. The second kappa shape index (κ2) is 10.4. The van der Waals surface area contributed by atoms with Gasteiger partial charge in [-0.15, -0.1) is 0 Å². The predicted molar refractivity (Wildman–Crippen MR) is 137 cm³/mol. The molecule has 3 aromatic carbocycles. The molecule has 2 heterocycles. The van der Waals surface area contributed by atoms with Crippen LogP contribution in [-0.2, 0) is 15.7 Å². The minimum atomic E-state index is -1.32. The Morgan fingerprint density at radius 3 is 2.37 bits per heavy atom. The molecule has 1 unspecified atom stereocenters. The number of hydrogen-bond acceptors (Lipinski definition) is 4. The Morgan fingerprint density at radius 2 is 1.66 bits per heavy atom. The van der Waals surface area contributed by atoms with E-state index in [1.165, 1.54) is 0 Å². The molecule has 4 aromatic rings. The Morgan fingerprint density at radius 1 is 0.971 bits per heavy atom. The molecule has 0 radical (unpaired) electrons. The standard InChI is InChI=1S/C27H26N4O3S/c1-20-12-13-22(18-25(20)35(33)30-14-16-34-17-15-30)28-27(32)24-19-31(23-10-6-3-7-11-23)29-26(24)21-8-4-2-5-9-21/h2-13,18-19H,14-17H2,1H3,(H,28,32). The molecule has 1 fully saturated rings. The zero-order valence-corrected chi connectivity index (χ0v) is 20.2. The van der Waals surface area contributed by atoms with Crippen molar-refractivity contribution >= 4 is 22.6 Å². The number of anilines is 1. The number of para-hydroxylation sites is 1. The van der Waals surface area contributed by atoms with Gasteiger partial charge in [0, 0.05) is 30.5 Å². The Bertz CT molecular complexity index is 1350. The molecule has 0 saturated carbocycles. The van der Waals surface area contributed by atoms with E-state index in [0.717, 1.165) is 16.8 Å². The predicted octanol–water partition coefficient (Wildman–Crippen LogP) is 4.45. The van der Waals surface area contributed by atoms with Crippen molar-refractivity contribution in [3.05, 3.63) is 96.2 Å². The zero-order chi connectivity index (χ0) is 24.2. The van der Waals surface area contributed by atoms with Gasteiger partial charge in [-0.25, -0.2) is 13.2 Å². The fourth-order valence-corrected chi connectivity index (χ4v) is 5.31. The van der Waals surface area contributed by atoms with Gasteiger partial charge in [-0.2, -0.15) is 5.10 Å². The molecule has 1 aromatic heterocycles. The van der Waals surface area contributed by atoms with Crippen LogP contribution in [0.15, 0.2) is 90.0 Å². The Balaban J connectivity index is 1.46. The molecule has 0 spiro atoms. The highest BCUT2D eigenvalue weighted by Gasteiger charge is 2.22. The Kier molecular flexibility index (Phi) is 6.85. The maximum absolute atomic E-state index is 13.5. The van der Waals surface area contributed by atoms with Gasteiger partial charge >= 0.3 is 0 Å². The number of amides is 1. The minimum Gasteiger partial charge on any atom is -0.379 e. The van der Waals surface area contributed by atoms with Gasteiger partial charge in [0.25, 0.3) is 5.91 Å². The van der Waals surface area contributed by atoms with E-state index in [-0.39, 0.29) is 5.91 Å². The Labute approximate surface area is 206 Å². The molecule has 1 N–H and O–H groups in total. The van der Waals surface area contributed by atoms with Crippen LogP contribution in [0.5, 0.6) is 0 Å². The molecule has 1 aliphatic rings. The molecule has 1 atom stereocenters. The largest absolute Gasteiger partial charge is 0.379 e. The molecule has 178 valence electrons. The van der Waals surface area contributed by atoms with Crippen molar-refractivity contribution in [3.8, 4) is 16.9 Å². The average Bonchev–Trinajstić information content (AvgIpc) is 3.37. The summed E-state index contributed by atoms with van der Waals surface area (Å²) in [5, 5.41) is 7.71. The van der Waals surface area contributed by atoms with Crippen LogP contribution < -0.4 is 5.32 Å². The van der Waals surface area contributed by atoms with Crippen LogP contribution in [0.25, 0.3) is 16.9 Å². The summed E-state index contributed by atoms with van der Waals surface area (Å²) in [7, 11) is -1.32. The number of aryl methyl sites for hydroxylation is 1. The van der Waals surface area contributed by atoms with Crippen LogP contribution in [0.1, 0.15) is 15.9 Å². The summed E-state index contributed by atoms with van der Waals surface area (Å²) in [5.74, 6) is -0.280. The summed E-state index contributed by atoms with van der Waals surface area (Å²) in [4.78, 5) is 14.1. The monoisotopic (exact) mass is 486 g/mol. The normalized spacial score (nSPS) is 15.0. The quantitative estimate of drug-likeness (QED) is 0.437. The third kappa shape index (κ3) is 5.09. The van der Waals surface area contributed by atoms with Gasteiger partial charge in [0.2, 0.25) is 0 Å². The van der Waals surface area contributed by atoms with E-state index in [9.17, 15) is 9.00 Å². The van der Waals surface area contributed by atoms with Crippen LogP contribution in [0.4, 0.5) is 5.69 Å². The zero-order valence-electron chi connectivity index (χ0n) is 19.4. The number of nitrogens with zero attached hydrogens (tertiary/aromatic N) is 3. The van der Waals surface area contributed by atoms with Crippen molar-refractivity contribution in [2.24, 2.45) is 0 Å². The number of carbonyl (C=O) groups is 1. The molecule has 0 bridgehead atoms. The summed E-state index contributed by atoms with van der Waals surface area (Å²) in [5.41, 5.74) is 4.26. The van der Waals surface area contributed by atoms with Crippen LogP contribution in [0, 0.1) is 6.92 Å². The third-order valence-electron chi connectivity index (χ3n) is 5.87. The number of morpholine rings is 1. The minimum absolute atomic E-state index is 0.280. The van der Waals surface area contributed by atoms with E-state index in [1.807, 2.05) is 84.0 Å². The number of benzene rings is 3. The molecule has 5 rings (SSSR count). The third-order valence-corrected chi connectivity index (χ3v) is 7.52. The maximum Gasteiger partial charge on any atom is 0.259 e. The van der Waals surface area contributed by atoms with Crippen molar-refractivity contribution in [1.29, 1.82) is 0 Å². The number of ether oxygens (including phenoxy) is 1. The Hall–Kier alpha value is -3.59. The lowest BCUT2D eigenvalue weighted by Crippen LogP contribution is -2.37. The SMILES string of the molecule is Cc1ccc(NC(=O)c2cn(-c3ccccc3)nc2-c2ccccc2)cc1S(=O)N1CCOCC1.